The van der Waals surface area contributed by atoms with Crippen molar-refractivity contribution in [3.63, 3.8) is 0 Å². The Balaban J connectivity index is 1.91. The number of hydrogen-bond acceptors (Lipinski definition) is 4. The maximum Gasteiger partial charge on any atom is 0.416 e. The molecule has 31 heavy (non-hydrogen) atoms. The molecule has 2 amide bonds. The normalized spacial score (nSPS) is 11.7. The zero-order valence-electron chi connectivity index (χ0n) is 17.6. The minimum Gasteiger partial charge on any atom is -0.383 e. The summed E-state index contributed by atoms with van der Waals surface area (Å²) in [6.07, 6.45) is -1.88. The second-order valence-electron chi connectivity index (χ2n) is 6.88. The fourth-order valence-electron chi connectivity index (χ4n) is 2.69. The SMILES string of the molecule is COCCN(Cc1cc(C)n(C)n1)C(=O)CNC(=O)/C=C/c1ccc(C(F)(F)F)cc1. The lowest BCUT2D eigenvalue weighted by Gasteiger charge is -2.21. The number of benzene rings is 1. The molecule has 0 radical (unpaired) electrons. The summed E-state index contributed by atoms with van der Waals surface area (Å²) in [5, 5.41) is 6.82. The van der Waals surface area contributed by atoms with E-state index in [1.165, 1.54) is 30.2 Å². The van der Waals surface area contributed by atoms with Crippen molar-refractivity contribution < 1.29 is 27.5 Å². The van der Waals surface area contributed by atoms with Crippen LogP contribution < -0.4 is 5.32 Å². The van der Waals surface area contributed by atoms with Crippen LogP contribution in [0.1, 0.15) is 22.5 Å². The molecular formula is C21H25F3N4O3. The van der Waals surface area contributed by atoms with E-state index in [0.29, 0.717) is 18.7 Å². The molecule has 2 aromatic rings. The Bertz CT molecular complexity index is 901. The number of nitrogens with zero attached hydrogens (tertiary/aromatic N) is 3. The van der Waals surface area contributed by atoms with E-state index in [4.69, 9.17) is 4.74 Å². The Kier molecular flexibility index (Phi) is 8.38. The molecule has 7 nitrogen and oxygen atoms in total. The highest BCUT2D eigenvalue weighted by Gasteiger charge is 2.29. The van der Waals surface area contributed by atoms with Crippen LogP contribution in [-0.4, -0.2) is 53.3 Å². The second-order valence-corrected chi connectivity index (χ2v) is 6.88. The van der Waals surface area contributed by atoms with Gasteiger partial charge < -0.3 is 15.0 Å². The number of nitrogens with one attached hydrogen (secondary N) is 1. The van der Waals surface area contributed by atoms with Crippen LogP contribution in [0.4, 0.5) is 13.2 Å². The first-order valence-electron chi connectivity index (χ1n) is 9.49. The molecule has 0 atom stereocenters. The van der Waals surface area contributed by atoms with Crippen molar-refractivity contribution in [2.75, 3.05) is 26.8 Å². The first-order valence-corrected chi connectivity index (χ1v) is 9.49. The number of rotatable bonds is 9. The second kappa shape index (κ2) is 10.8. The number of carbonyl (C=O) groups excluding carboxylic acids is 2. The van der Waals surface area contributed by atoms with Crippen molar-refractivity contribution in [2.45, 2.75) is 19.6 Å². The standard InChI is InChI=1S/C21H25F3N4O3/c1-15-12-18(26-27(15)2)14-28(10-11-31-3)20(30)13-25-19(29)9-6-16-4-7-17(8-5-16)21(22,23)24/h4-9,12H,10-11,13-14H2,1-3H3,(H,25,29)/b9-6+. The fourth-order valence-corrected chi connectivity index (χ4v) is 2.69. The van der Waals surface area contributed by atoms with E-state index in [9.17, 15) is 22.8 Å². The molecule has 1 heterocycles. The van der Waals surface area contributed by atoms with Crippen molar-refractivity contribution in [1.82, 2.24) is 20.0 Å². The minimum absolute atomic E-state index is 0.230. The van der Waals surface area contributed by atoms with Gasteiger partial charge in [0.2, 0.25) is 11.8 Å². The third-order valence-corrected chi connectivity index (χ3v) is 4.51. The number of amides is 2. The zero-order valence-corrected chi connectivity index (χ0v) is 17.6. The Hall–Kier alpha value is -3.14. The molecule has 0 bridgehead atoms. The van der Waals surface area contributed by atoms with Gasteiger partial charge in [-0.05, 0) is 36.8 Å². The molecule has 1 aromatic heterocycles. The molecule has 0 aliphatic heterocycles. The predicted octanol–water partition coefficient (Wildman–Crippen LogP) is 2.55. The Morgan fingerprint density at radius 2 is 1.94 bits per heavy atom. The van der Waals surface area contributed by atoms with Gasteiger partial charge in [0.25, 0.3) is 0 Å². The zero-order chi connectivity index (χ0) is 23.0. The van der Waals surface area contributed by atoms with Gasteiger partial charge in [0.15, 0.2) is 0 Å². The molecule has 1 N–H and O–H groups in total. The monoisotopic (exact) mass is 438 g/mol. The summed E-state index contributed by atoms with van der Waals surface area (Å²) in [7, 11) is 3.34. The third-order valence-electron chi connectivity index (χ3n) is 4.51. The van der Waals surface area contributed by atoms with Gasteiger partial charge in [0.1, 0.15) is 0 Å². The number of aryl methyl sites for hydroxylation is 2. The molecule has 0 fully saturated rings. The van der Waals surface area contributed by atoms with Crippen LogP contribution in [0.3, 0.4) is 0 Å². The van der Waals surface area contributed by atoms with Gasteiger partial charge >= 0.3 is 6.18 Å². The summed E-state index contributed by atoms with van der Waals surface area (Å²) in [6, 6.07) is 6.28. The quantitative estimate of drug-likeness (QED) is 0.611. The van der Waals surface area contributed by atoms with Gasteiger partial charge in [0.05, 0.1) is 31.0 Å². The number of halogens is 3. The van der Waals surface area contributed by atoms with Crippen LogP contribution in [-0.2, 0) is 34.1 Å². The molecule has 0 aliphatic rings. The first kappa shape index (κ1) is 24.1. The summed E-state index contributed by atoms with van der Waals surface area (Å²) < 4.78 is 44.5. The average Bonchev–Trinajstić information content (AvgIpc) is 3.04. The van der Waals surface area contributed by atoms with Gasteiger partial charge in [0, 0.05) is 32.5 Å². The van der Waals surface area contributed by atoms with E-state index in [-0.39, 0.29) is 19.0 Å². The summed E-state index contributed by atoms with van der Waals surface area (Å²) >= 11 is 0. The van der Waals surface area contributed by atoms with E-state index in [2.05, 4.69) is 10.4 Å². The van der Waals surface area contributed by atoms with Crippen LogP contribution in [0.25, 0.3) is 6.08 Å². The highest BCUT2D eigenvalue weighted by molar-refractivity contribution is 5.94. The van der Waals surface area contributed by atoms with E-state index >= 15 is 0 Å². The Labute approximate surface area is 178 Å². The largest absolute Gasteiger partial charge is 0.416 e. The first-order chi connectivity index (χ1) is 14.6. The molecular weight excluding hydrogens is 413 g/mol. The molecule has 0 saturated carbocycles. The summed E-state index contributed by atoms with van der Waals surface area (Å²) in [5.41, 5.74) is 1.34. The number of methoxy groups -OCH3 is 1. The lowest BCUT2D eigenvalue weighted by molar-refractivity contribution is -0.137. The van der Waals surface area contributed by atoms with Crippen molar-refractivity contribution in [3.05, 3.63) is 58.9 Å². The average molecular weight is 438 g/mol. The predicted molar refractivity (Wildman–Crippen MR) is 109 cm³/mol. The number of ether oxygens (including phenoxy) is 1. The van der Waals surface area contributed by atoms with Crippen molar-refractivity contribution in [2.24, 2.45) is 7.05 Å². The Morgan fingerprint density at radius 1 is 1.26 bits per heavy atom. The minimum atomic E-state index is -4.41. The van der Waals surface area contributed by atoms with E-state index in [1.54, 1.807) is 4.68 Å². The third kappa shape index (κ3) is 7.56. The lowest BCUT2D eigenvalue weighted by atomic mass is 10.1. The van der Waals surface area contributed by atoms with Crippen molar-refractivity contribution in [1.29, 1.82) is 0 Å². The molecule has 0 aliphatic carbocycles. The summed E-state index contributed by atoms with van der Waals surface area (Å²) in [6.45, 7) is 2.62. The highest BCUT2D eigenvalue weighted by Crippen LogP contribution is 2.29. The number of alkyl halides is 3. The maximum atomic E-state index is 12.6. The molecule has 0 unspecified atom stereocenters. The van der Waals surface area contributed by atoms with Gasteiger partial charge in [-0.15, -0.1) is 0 Å². The molecule has 10 heteroatoms. The van der Waals surface area contributed by atoms with Gasteiger partial charge in [-0.2, -0.15) is 18.3 Å². The molecule has 168 valence electrons. The summed E-state index contributed by atoms with van der Waals surface area (Å²) in [5.74, 6) is -0.842. The Morgan fingerprint density at radius 3 is 2.48 bits per heavy atom. The number of aromatic nitrogens is 2. The highest BCUT2D eigenvalue weighted by atomic mass is 19.4. The van der Waals surface area contributed by atoms with Crippen LogP contribution in [0.2, 0.25) is 0 Å². The van der Waals surface area contributed by atoms with Crippen LogP contribution >= 0.6 is 0 Å². The number of carbonyl (C=O) groups is 2. The molecule has 0 saturated heterocycles. The van der Waals surface area contributed by atoms with E-state index in [1.807, 2.05) is 20.0 Å². The van der Waals surface area contributed by atoms with Crippen LogP contribution in [0, 0.1) is 6.92 Å². The van der Waals surface area contributed by atoms with Crippen LogP contribution in [0.15, 0.2) is 36.4 Å². The summed E-state index contributed by atoms with van der Waals surface area (Å²) in [4.78, 5) is 26.1. The smallest absolute Gasteiger partial charge is 0.383 e. The van der Waals surface area contributed by atoms with Crippen molar-refractivity contribution in [3.8, 4) is 0 Å². The van der Waals surface area contributed by atoms with Gasteiger partial charge in [-0.3, -0.25) is 14.3 Å². The topological polar surface area (TPSA) is 76.5 Å². The molecule has 0 spiro atoms. The maximum absolute atomic E-state index is 12.6. The van der Waals surface area contributed by atoms with E-state index < -0.39 is 17.6 Å². The van der Waals surface area contributed by atoms with Gasteiger partial charge in [-0.25, -0.2) is 0 Å². The van der Waals surface area contributed by atoms with E-state index in [0.717, 1.165) is 29.6 Å². The molecule has 1 aromatic carbocycles. The van der Waals surface area contributed by atoms with Crippen LogP contribution in [0.5, 0.6) is 0 Å². The lowest BCUT2D eigenvalue weighted by Crippen LogP contribution is -2.41. The fraction of sp³-hybridized carbons (Fsp3) is 0.381. The van der Waals surface area contributed by atoms with Crippen molar-refractivity contribution >= 4 is 17.9 Å². The van der Waals surface area contributed by atoms with Gasteiger partial charge in [-0.1, -0.05) is 12.1 Å². The molecule has 2 rings (SSSR count). The number of hydrogen-bond donors (Lipinski definition) is 1.